The summed E-state index contributed by atoms with van der Waals surface area (Å²) in [7, 11) is 3.19. The number of carbonyl (C=O) groups excluding carboxylic acids is 1. The summed E-state index contributed by atoms with van der Waals surface area (Å²) in [4.78, 5) is 19.3. The molecule has 5 rings (SSSR count). The minimum Gasteiger partial charge on any atom is -0.495 e. The second kappa shape index (κ2) is 12.2. The van der Waals surface area contributed by atoms with Crippen LogP contribution in [0.3, 0.4) is 0 Å². The first kappa shape index (κ1) is 27.8. The van der Waals surface area contributed by atoms with Crippen LogP contribution >= 0.6 is 0 Å². The van der Waals surface area contributed by atoms with E-state index in [1.807, 2.05) is 37.3 Å². The van der Waals surface area contributed by atoms with E-state index >= 15 is 0 Å². The number of anilines is 1. The Hall–Kier alpha value is -4.73. The standard InChI is InChI=1S/C31H33FN4O5/c1-19-12-22(32)5-6-24(19)30-25-15-29(41-11-9-20-4-7-26(33)27(13-20)38-2)28(39-3)14-21(25)8-10-36(30)31(37)34-16-23-17-40-18-35-23/h4-7,12-15,17-18,30H,8-11,16,33H2,1-3H3,(H,34,37). The lowest BCUT2D eigenvalue weighted by Crippen LogP contribution is -2.46. The molecule has 1 aromatic heterocycles. The number of rotatable bonds is 9. The number of aryl methyl sites for hydroxylation is 1. The van der Waals surface area contributed by atoms with E-state index in [0.29, 0.717) is 54.6 Å². The highest BCUT2D eigenvalue weighted by molar-refractivity contribution is 5.76. The predicted molar refractivity (Wildman–Crippen MR) is 152 cm³/mol. The molecule has 3 N–H and O–H groups in total. The first-order valence-corrected chi connectivity index (χ1v) is 13.3. The van der Waals surface area contributed by atoms with E-state index in [1.165, 1.54) is 24.8 Å². The molecule has 1 atom stereocenters. The van der Waals surface area contributed by atoms with Gasteiger partial charge in [-0.25, -0.2) is 14.2 Å². The molecule has 2 amide bonds. The highest BCUT2D eigenvalue weighted by Gasteiger charge is 2.34. The summed E-state index contributed by atoms with van der Waals surface area (Å²) in [5.74, 6) is 1.45. The molecule has 41 heavy (non-hydrogen) atoms. The van der Waals surface area contributed by atoms with Crippen molar-refractivity contribution in [2.75, 3.05) is 33.1 Å². The molecule has 0 saturated carbocycles. The number of benzene rings is 3. The minimum absolute atomic E-state index is 0.223. The first-order valence-electron chi connectivity index (χ1n) is 13.3. The molecule has 1 aliphatic rings. The van der Waals surface area contributed by atoms with Crippen molar-refractivity contribution in [3.8, 4) is 17.2 Å². The zero-order valence-corrected chi connectivity index (χ0v) is 23.3. The Morgan fingerprint density at radius 2 is 1.93 bits per heavy atom. The van der Waals surface area contributed by atoms with Crippen LogP contribution in [-0.4, -0.2) is 43.3 Å². The molecule has 0 bridgehead atoms. The van der Waals surface area contributed by atoms with Gasteiger partial charge in [0.25, 0.3) is 0 Å². The van der Waals surface area contributed by atoms with Crippen LogP contribution in [0.1, 0.15) is 39.6 Å². The summed E-state index contributed by atoms with van der Waals surface area (Å²) in [6, 6.07) is 13.5. The zero-order chi connectivity index (χ0) is 28.9. The SMILES string of the molecule is COc1cc(CCOc2cc3c(cc2OC)CCN(C(=O)NCc2cocn2)C3c2ccc(F)cc2C)ccc1N. The maximum Gasteiger partial charge on any atom is 0.318 e. The highest BCUT2D eigenvalue weighted by atomic mass is 19.1. The number of carbonyl (C=O) groups is 1. The van der Waals surface area contributed by atoms with Gasteiger partial charge in [0.15, 0.2) is 17.9 Å². The van der Waals surface area contributed by atoms with E-state index in [1.54, 1.807) is 25.2 Å². The van der Waals surface area contributed by atoms with Gasteiger partial charge in [0.05, 0.1) is 44.8 Å². The van der Waals surface area contributed by atoms with Gasteiger partial charge in [-0.15, -0.1) is 0 Å². The van der Waals surface area contributed by atoms with Crippen LogP contribution in [0, 0.1) is 12.7 Å². The van der Waals surface area contributed by atoms with Crippen LogP contribution in [0.25, 0.3) is 0 Å². The number of nitrogen functional groups attached to an aromatic ring is 1. The molecular weight excluding hydrogens is 527 g/mol. The summed E-state index contributed by atoms with van der Waals surface area (Å²) < 4.78 is 36.4. The molecule has 4 aromatic rings. The van der Waals surface area contributed by atoms with Crippen molar-refractivity contribution >= 4 is 11.7 Å². The van der Waals surface area contributed by atoms with E-state index in [9.17, 15) is 9.18 Å². The lowest BCUT2D eigenvalue weighted by Gasteiger charge is -2.38. The number of oxazole rings is 1. The number of fused-ring (bicyclic) bond motifs is 1. The van der Waals surface area contributed by atoms with E-state index in [2.05, 4.69) is 10.3 Å². The molecule has 0 radical (unpaired) electrons. The van der Waals surface area contributed by atoms with Crippen LogP contribution in [0.15, 0.2) is 65.6 Å². The fraction of sp³-hybridized carbons (Fsp3) is 0.290. The third-order valence-electron chi connectivity index (χ3n) is 7.29. The third kappa shape index (κ3) is 6.06. The van der Waals surface area contributed by atoms with Crippen molar-refractivity contribution in [2.24, 2.45) is 0 Å². The monoisotopic (exact) mass is 560 g/mol. The number of urea groups is 1. The van der Waals surface area contributed by atoms with Crippen molar-refractivity contribution in [2.45, 2.75) is 32.4 Å². The molecule has 3 aromatic carbocycles. The number of aromatic nitrogens is 1. The van der Waals surface area contributed by atoms with Gasteiger partial charge in [-0.3, -0.25) is 0 Å². The van der Waals surface area contributed by atoms with Gasteiger partial charge in [-0.2, -0.15) is 0 Å². The van der Waals surface area contributed by atoms with Gasteiger partial charge in [-0.05, 0) is 77.6 Å². The Balaban J connectivity index is 1.45. The number of methoxy groups -OCH3 is 2. The fourth-order valence-electron chi connectivity index (χ4n) is 5.18. The zero-order valence-electron chi connectivity index (χ0n) is 23.3. The van der Waals surface area contributed by atoms with Crippen LogP contribution in [0.5, 0.6) is 17.2 Å². The predicted octanol–water partition coefficient (Wildman–Crippen LogP) is 5.20. The molecule has 0 saturated heterocycles. The van der Waals surface area contributed by atoms with Crippen LogP contribution in [-0.2, 0) is 19.4 Å². The number of nitrogens with two attached hydrogens (primary N) is 1. The largest absolute Gasteiger partial charge is 0.495 e. The Bertz CT molecular complexity index is 1530. The van der Waals surface area contributed by atoms with Gasteiger partial charge >= 0.3 is 6.03 Å². The summed E-state index contributed by atoms with van der Waals surface area (Å²) in [5, 5.41) is 2.93. The summed E-state index contributed by atoms with van der Waals surface area (Å²) in [6.07, 6.45) is 4.05. The number of halogens is 1. The Labute approximate surface area is 238 Å². The number of hydrogen-bond acceptors (Lipinski definition) is 7. The Morgan fingerprint density at radius 3 is 2.66 bits per heavy atom. The molecule has 0 aliphatic carbocycles. The molecule has 2 heterocycles. The molecule has 9 nitrogen and oxygen atoms in total. The average Bonchev–Trinajstić information content (AvgIpc) is 3.50. The molecule has 1 aliphatic heterocycles. The normalized spacial score (nSPS) is 14.3. The van der Waals surface area contributed by atoms with Gasteiger partial charge in [0.1, 0.15) is 17.8 Å². The van der Waals surface area contributed by atoms with E-state index in [0.717, 1.165) is 27.8 Å². The highest BCUT2D eigenvalue weighted by Crippen LogP contribution is 2.42. The molecule has 1 unspecified atom stereocenters. The number of hydrogen-bond donors (Lipinski definition) is 2. The maximum absolute atomic E-state index is 14.1. The first-order chi connectivity index (χ1) is 19.9. The topological polar surface area (TPSA) is 112 Å². The minimum atomic E-state index is -0.466. The summed E-state index contributed by atoms with van der Waals surface area (Å²) in [5.41, 5.74) is 11.7. The summed E-state index contributed by atoms with van der Waals surface area (Å²) in [6.45, 7) is 2.91. The van der Waals surface area contributed by atoms with E-state index < -0.39 is 6.04 Å². The lowest BCUT2D eigenvalue weighted by molar-refractivity contribution is 0.179. The van der Waals surface area contributed by atoms with Crippen molar-refractivity contribution in [3.63, 3.8) is 0 Å². The van der Waals surface area contributed by atoms with Crippen molar-refractivity contribution in [1.29, 1.82) is 0 Å². The van der Waals surface area contributed by atoms with Crippen molar-refractivity contribution in [3.05, 3.63) is 101 Å². The molecule has 10 heteroatoms. The van der Waals surface area contributed by atoms with Crippen molar-refractivity contribution in [1.82, 2.24) is 15.2 Å². The fourth-order valence-corrected chi connectivity index (χ4v) is 5.18. The quantitative estimate of drug-likeness (QED) is 0.271. The number of nitrogens with one attached hydrogen (secondary N) is 1. The number of amides is 2. The number of ether oxygens (including phenoxy) is 3. The Morgan fingerprint density at radius 1 is 1.10 bits per heavy atom. The second-order valence-electron chi connectivity index (χ2n) is 9.86. The summed E-state index contributed by atoms with van der Waals surface area (Å²) >= 11 is 0. The van der Waals surface area contributed by atoms with Gasteiger partial charge in [0, 0.05) is 13.0 Å². The van der Waals surface area contributed by atoms with E-state index in [4.69, 9.17) is 24.4 Å². The third-order valence-corrected chi connectivity index (χ3v) is 7.29. The number of nitrogens with zero attached hydrogens (tertiary/aromatic N) is 2. The average molecular weight is 561 g/mol. The Kier molecular flexibility index (Phi) is 8.28. The van der Waals surface area contributed by atoms with Crippen LogP contribution < -0.4 is 25.3 Å². The molecular formula is C31H33FN4O5. The van der Waals surface area contributed by atoms with Gasteiger partial charge in [0.2, 0.25) is 0 Å². The smallest absolute Gasteiger partial charge is 0.318 e. The van der Waals surface area contributed by atoms with Crippen LogP contribution in [0.4, 0.5) is 14.9 Å². The molecule has 0 spiro atoms. The lowest BCUT2D eigenvalue weighted by atomic mass is 9.86. The van der Waals surface area contributed by atoms with Gasteiger partial charge < -0.3 is 34.6 Å². The second-order valence-corrected chi connectivity index (χ2v) is 9.86. The van der Waals surface area contributed by atoms with Crippen LogP contribution in [0.2, 0.25) is 0 Å². The van der Waals surface area contributed by atoms with E-state index in [-0.39, 0.29) is 18.4 Å². The molecule has 0 fully saturated rings. The van der Waals surface area contributed by atoms with Crippen molar-refractivity contribution < 1.29 is 27.8 Å². The maximum atomic E-state index is 14.1. The molecule has 214 valence electrons. The van der Waals surface area contributed by atoms with Gasteiger partial charge in [-0.1, -0.05) is 12.1 Å².